The fraction of sp³-hybridized carbons (Fsp3) is 0.571. The minimum atomic E-state index is -4.24. The maximum Gasteiger partial charge on any atom is 0.407 e. The third-order valence-electron chi connectivity index (χ3n) is 3.96. The standard InChI is InChI=1S/C14H17F3N4/c15-14(16,17)9-21-13(7-10-3-1-2-5-19-10)11-4-6-18-8-12(11)20-21/h1-3,5,11,13,18H,4,6-9H2. The van der Waals surface area contributed by atoms with Crippen LogP contribution in [0.1, 0.15) is 12.1 Å². The van der Waals surface area contributed by atoms with Crippen LogP contribution < -0.4 is 5.32 Å². The van der Waals surface area contributed by atoms with Gasteiger partial charge in [0.2, 0.25) is 0 Å². The number of pyridine rings is 1. The molecule has 1 N–H and O–H groups in total. The van der Waals surface area contributed by atoms with Crippen molar-refractivity contribution in [2.24, 2.45) is 11.0 Å². The van der Waals surface area contributed by atoms with Gasteiger partial charge in [-0.05, 0) is 25.1 Å². The molecule has 0 radical (unpaired) electrons. The summed E-state index contributed by atoms with van der Waals surface area (Å²) in [6, 6.07) is 5.26. The minimum absolute atomic E-state index is 0.0932. The van der Waals surface area contributed by atoms with E-state index in [-0.39, 0.29) is 12.0 Å². The maximum atomic E-state index is 12.8. The van der Waals surface area contributed by atoms with E-state index in [1.807, 2.05) is 12.1 Å². The van der Waals surface area contributed by atoms with Gasteiger partial charge in [-0.2, -0.15) is 18.3 Å². The van der Waals surface area contributed by atoms with Gasteiger partial charge in [0.15, 0.2) is 0 Å². The second-order valence-electron chi connectivity index (χ2n) is 5.47. The second-order valence-corrected chi connectivity index (χ2v) is 5.47. The van der Waals surface area contributed by atoms with Crippen LogP contribution in [0.4, 0.5) is 13.2 Å². The van der Waals surface area contributed by atoms with Gasteiger partial charge in [0.1, 0.15) is 6.54 Å². The third-order valence-corrected chi connectivity index (χ3v) is 3.96. The molecule has 1 saturated heterocycles. The highest BCUT2D eigenvalue weighted by Crippen LogP contribution is 2.31. The molecule has 0 bridgehead atoms. The SMILES string of the molecule is FC(F)(F)CN1N=C2CNCCC2C1Cc1ccccn1. The molecule has 0 amide bonds. The molecule has 1 aromatic heterocycles. The van der Waals surface area contributed by atoms with Crippen LogP contribution in [-0.2, 0) is 6.42 Å². The number of rotatable bonds is 3. The van der Waals surface area contributed by atoms with Crippen LogP contribution >= 0.6 is 0 Å². The Kier molecular flexibility index (Phi) is 3.84. The van der Waals surface area contributed by atoms with Gasteiger partial charge in [0, 0.05) is 30.8 Å². The van der Waals surface area contributed by atoms with Crippen LogP contribution in [0.25, 0.3) is 0 Å². The van der Waals surface area contributed by atoms with Crippen molar-refractivity contribution in [3.05, 3.63) is 30.1 Å². The van der Waals surface area contributed by atoms with Crippen molar-refractivity contribution in [1.29, 1.82) is 0 Å². The molecule has 7 heteroatoms. The largest absolute Gasteiger partial charge is 0.407 e. The molecule has 1 fully saturated rings. The topological polar surface area (TPSA) is 40.5 Å². The van der Waals surface area contributed by atoms with Crippen LogP contribution in [0.2, 0.25) is 0 Å². The summed E-state index contributed by atoms with van der Waals surface area (Å²) < 4.78 is 38.3. The number of hydrogen-bond donors (Lipinski definition) is 1. The number of hydrazone groups is 1. The fourth-order valence-corrected chi connectivity index (χ4v) is 3.06. The summed E-state index contributed by atoms with van der Waals surface area (Å²) in [7, 11) is 0. The summed E-state index contributed by atoms with van der Waals surface area (Å²) >= 11 is 0. The van der Waals surface area contributed by atoms with E-state index in [9.17, 15) is 13.2 Å². The van der Waals surface area contributed by atoms with Crippen molar-refractivity contribution in [3.8, 4) is 0 Å². The minimum Gasteiger partial charge on any atom is -0.311 e. The Morgan fingerprint density at radius 1 is 1.33 bits per heavy atom. The molecule has 3 rings (SSSR count). The first-order valence-electron chi connectivity index (χ1n) is 7.04. The van der Waals surface area contributed by atoms with E-state index in [2.05, 4.69) is 15.4 Å². The highest BCUT2D eigenvalue weighted by atomic mass is 19.4. The number of nitrogens with one attached hydrogen (secondary N) is 1. The normalized spacial score (nSPS) is 25.7. The zero-order chi connectivity index (χ0) is 14.9. The Labute approximate surface area is 121 Å². The molecule has 2 aliphatic heterocycles. The average Bonchev–Trinajstić information content (AvgIpc) is 2.76. The van der Waals surface area contributed by atoms with Gasteiger partial charge in [0.25, 0.3) is 0 Å². The summed E-state index contributed by atoms with van der Waals surface area (Å²) in [6.45, 7) is 0.407. The second kappa shape index (κ2) is 5.63. The number of fused-ring (bicyclic) bond motifs is 1. The van der Waals surface area contributed by atoms with E-state index in [1.54, 1.807) is 12.3 Å². The molecule has 21 heavy (non-hydrogen) atoms. The van der Waals surface area contributed by atoms with Crippen molar-refractivity contribution in [3.63, 3.8) is 0 Å². The number of piperidine rings is 1. The Morgan fingerprint density at radius 2 is 2.19 bits per heavy atom. The number of nitrogens with zero attached hydrogens (tertiary/aromatic N) is 3. The predicted octanol–water partition coefficient (Wildman–Crippen LogP) is 1.84. The lowest BCUT2D eigenvalue weighted by atomic mass is 9.87. The van der Waals surface area contributed by atoms with Crippen LogP contribution in [0.5, 0.6) is 0 Å². The molecule has 0 saturated carbocycles. The van der Waals surface area contributed by atoms with E-state index >= 15 is 0 Å². The summed E-state index contributed by atoms with van der Waals surface area (Å²) in [6.07, 6.45) is -1.25. The van der Waals surface area contributed by atoms with E-state index in [4.69, 9.17) is 0 Å². The molecule has 2 unspecified atom stereocenters. The number of alkyl halides is 3. The Hall–Kier alpha value is -1.63. The van der Waals surface area contributed by atoms with Crippen LogP contribution in [0.15, 0.2) is 29.5 Å². The van der Waals surface area contributed by atoms with E-state index in [0.29, 0.717) is 13.0 Å². The zero-order valence-electron chi connectivity index (χ0n) is 11.5. The van der Waals surface area contributed by atoms with Crippen LogP contribution in [-0.4, -0.2) is 47.6 Å². The molecule has 0 aliphatic carbocycles. The average molecular weight is 298 g/mol. The van der Waals surface area contributed by atoms with Crippen molar-refractivity contribution >= 4 is 5.71 Å². The summed E-state index contributed by atoms with van der Waals surface area (Å²) in [4.78, 5) is 4.24. The van der Waals surface area contributed by atoms with Gasteiger partial charge in [-0.15, -0.1) is 0 Å². The smallest absolute Gasteiger partial charge is 0.311 e. The first kappa shape index (κ1) is 14.3. The van der Waals surface area contributed by atoms with E-state index in [1.165, 1.54) is 5.01 Å². The quantitative estimate of drug-likeness (QED) is 0.925. The third kappa shape index (κ3) is 3.34. The first-order valence-corrected chi connectivity index (χ1v) is 7.04. The number of aromatic nitrogens is 1. The van der Waals surface area contributed by atoms with Gasteiger partial charge in [0.05, 0.1) is 11.8 Å². The molecule has 2 atom stereocenters. The molecule has 3 heterocycles. The zero-order valence-corrected chi connectivity index (χ0v) is 11.5. The van der Waals surface area contributed by atoms with E-state index in [0.717, 1.165) is 24.4 Å². The number of halogens is 3. The van der Waals surface area contributed by atoms with Crippen molar-refractivity contribution < 1.29 is 13.2 Å². The molecular weight excluding hydrogens is 281 g/mol. The fourth-order valence-electron chi connectivity index (χ4n) is 3.06. The lowest BCUT2D eigenvalue weighted by molar-refractivity contribution is -0.150. The monoisotopic (exact) mass is 298 g/mol. The molecule has 0 aromatic carbocycles. The Morgan fingerprint density at radius 3 is 2.90 bits per heavy atom. The summed E-state index contributed by atoms with van der Waals surface area (Å²) in [5, 5.41) is 8.59. The highest BCUT2D eigenvalue weighted by molar-refractivity contribution is 5.91. The van der Waals surface area contributed by atoms with Gasteiger partial charge in [-0.1, -0.05) is 6.07 Å². The van der Waals surface area contributed by atoms with Crippen molar-refractivity contribution in [1.82, 2.24) is 15.3 Å². The molecule has 2 aliphatic rings. The highest BCUT2D eigenvalue weighted by Gasteiger charge is 2.43. The predicted molar refractivity (Wildman–Crippen MR) is 72.9 cm³/mol. The van der Waals surface area contributed by atoms with Gasteiger partial charge in [-0.25, -0.2) is 0 Å². The summed E-state index contributed by atoms with van der Waals surface area (Å²) in [5.41, 5.74) is 1.65. The number of hydrogen-bond acceptors (Lipinski definition) is 4. The lowest BCUT2D eigenvalue weighted by Crippen LogP contribution is -2.44. The first-order chi connectivity index (χ1) is 10.0. The van der Waals surface area contributed by atoms with Crippen molar-refractivity contribution in [2.75, 3.05) is 19.6 Å². The maximum absolute atomic E-state index is 12.8. The molecule has 114 valence electrons. The van der Waals surface area contributed by atoms with Gasteiger partial charge < -0.3 is 5.32 Å². The molecule has 0 spiro atoms. The van der Waals surface area contributed by atoms with Crippen LogP contribution in [0.3, 0.4) is 0 Å². The van der Waals surface area contributed by atoms with Gasteiger partial charge >= 0.3 is 6.18 Å². The Bertz CT molecular complexity index is 515. The lowest BCUT2D eigenvalue weighted by Gasteiger charge is -2.30. The Balaban J connectivity index is 1.80. The van der Waals surface area contributed by atoms with Crippen LogP contribution in [0, 0.1) is 5.92 Å². The molecule has 4 nitrogen and oxygen atoms in total. The molecular formula is C14H17F3N4. The van der Waals surface area contributed by atoms with Crippen molar-refractivity contribution in [2.45, 2.75) is 25.1 Å². The molecule has 1 aromatic rings. The van der Waals surface area contributed by atoms with Gasteiger partial charge in [-0.3, -0.25) is 9.99 Å². The van der Waals surface area contributed by atoms with E-state index < -0.39 is 12.7 Å². The summed E-state index contributed by atoms with van der Waals surface area (Å²) in [5.74, 6) is 0.0932.